The van der Waals surface area contributed by atoms with Crippen molar-refractivity contribution in [1.82, 2.24) is 4.31 Å². The van der Waals surface area contributed by atoms with E-state index in [1.807, 2.05) is 0 Å². The van der Waals surface area contributed by atoms with Crippen LogP contribution in [-0.4, -0.2) is 36.4 Å². The number of nitrogens with zero attached hydrogens (tertiary/aromatic N) is 1. The molecule has 1 N–H and O–H groups in total. The number of halogens is 1. The second kappa shape index (κ2) is 5.48. The standard InChI is InChI=1S/C12H14ClNO4S/c13-10-5-2-1-4-9(10)8-19(17,18)14-7-3-6-11(14)12(15)16/h1-2,4-5,11H,3,6-8H2,(H,15,16)/t11-/m0/s1. The predicted octanol–water partition coefficient (Wildman–Crippen LogP) is 1.72. The Morgan fingerprint density at radius 1 is 1.42 bits per heavy atom. The molecule has 0 aromatic heterocycles. The average molecular weight is 304 g/mol. The fourth-order valence-electron chi connectivity index (χ4n) is 2.21. The number of sulfonamides is 1. The van der Waals surface area contributed by atoms with Gasteiger partial charge in [-0.25, -0.2) is 8.42 Å². The maximum Gasteiger partial charge on any atom is 0.322 e. The summed E-state index contributed by atoms with van der Waals surface area (Å²) >= 11 is 5.94. The van der Waals surface area contributed by atoms with Gasteiger partial charge in [-0.3, -0.25) is 4.79 Å². The smallest absolute Gasteiger partial charge is 0.322 e. The van der Waals surface area contributed by atoms with Crippen LogP contribution < -0.4 is 0 Å². The third-order valence-electron chi connectivity index (χ3n) is 3.14. The summed E-state index contributed by atoms with van der Waals surface area (Å²) in [4.78, 5) is 11.0. The first kappa shape index (κ1) is 14.3. The Kier molecular flexibility index (Phi) is 4.13. The summed E-state index contributed by atoms with van der Waals surface area (Å²) in [6.07, 6.45) is 0.926. The van der Waals surface area contributed by atoms with E-state index in [-0.39, 0.29) is 12.3 Å². The van der Waals surface area contributed by atoms with Gasteiger partial charge in [-0.15, -0.1) is 0 Å². The van der Waals surface area contributed by atoms with Crippen molar-refractivity contribution in [2.75, 3.05) is 6.54 Å². The molecule has 1 aliphatic rings. The van der Waals surface area contributed by atoms with Gasteiger partial charge in [-0.1, -0.05) is 29.8 Å². The van der Waals surface area contributed by atoms with E-state index in [1.165, 1.54) is 0 Å². The van der Waals surface area contributed by atoms with Crippen molar-refractivity contribution in [3.05, 3.63) is 34.9 Å². The lowest BCUT2D eigenvalue weighted by Gasteiger charge is -2.21. The monoisotopic (exact) mass is 303 g/mol. The van der Waals surface area contributed by atoms with Crippen molar-refractivity contribution in [3.63, 3.8) is 0 Å². The van der Waals surface area contributed by atoms with Crippen LogP contribution in [0.2, 0.25) is 5.02 Å². The van der Waals surface area contributed by atoms with Crippen LogP contribution in [0.25, 0.3) is 0 Å². The first-order valence-corrected chi connectivity index (χ1v) is 7.86. The molecule has 0 radical (unpaired) electrons. The molecule has 0 unspecified atom stereocenters. The molecular weight excluding hydrogens is 290 g/mol. The van der Waals surface area contributed by atoms with Gasteiger partial charge < -0.3 is 5.11 Å². The lowest BCUT2D eigenvalue weighted by atomic mass is 10.2. The molecule has 0 aliphatic carbocycles. The van der Waals surface area contributed by atoms with Crippen LogP contribution in [0, 0.1) is 0 Å². The van der Waals surface area contributed by atoms with Gasteiger partial charge in [0.25, 0.3) is 0 Å². The van der Waals surface area contributed by atoms with Crippen LogP contribution in [0.15, 0.2) is 24.3 Å². The Morgan fingerprint density at radius 2 is 2.11 bits per heavy atom. The number of carboxylic acids is 1. The molecule has 0 spiro atoms. The molecule has 1 aromatic carbocycles. The Morgan fingerprint density at radius 3 is 2.74 bits per heavy atom. The van der Waals surface area contributed by atoms with Crippen molar-refractivity contribution in [3.8, 4) is 0 Å². The zero-order valence-corrected chi connectivity index (χ0v) is 11.7. The third-order valence-corrected chi connectivity index (χ3v) is 5.34. The summed E-state index contributed by atoms with van der Waals surface area (Å²) in [6.45, 7) is 0.254. The van der Waals surface area contributed by atoms with E-state index in [0.717, 1.165) is 4.31 Å². The zero-order valence-electron chi connectivity index (χ0n) is 10.1. The lowest BCUT2D eigenvalue weighted by Crippen LogP contribution is -2.40. The second-order valence-electron chi connectivity index (χ2n) is 4.45. The summed E-state index contributed by atoms with van der Waals surface area (Å²) in [7, 11) is -3.66. The average Bonchev–Trinajstić information content (AvgIpc) is 2.82. The predicted molar refractivity (Wildman–Crippen MR) is 71.4 cm³/mol. The molecule has 1 saturated heterocycles. The van der Waals surface area contributed by atoms with Gasteiger partial charge in [0.15, 0.2) is 0 Å². The fourth-order valence-corrected chi connectivity index (χ4v) is 4.30. The molecule has 1 atom stereocenters. The summed E-state index contributed by atoms with van der Waals surface area (Å²) in [5.41, 5.74) is 0.486. The molecule has 19 heavy (non-hydrogen) atoms. The largest absolute Gasteiger partial charge is 0.480 e. The van der Waals surface area contributed by atoms with E-state index in [0.29, 0.717) is 23.4 Å². The molecular formula is C12H14ClNO4S. The van der Waals surface area contributed by atoms with Gasteiger partial charge >= 0.3 is 5.97 Å². The van der Waals surface area contributed by atoms with Crippen molar-refractivity contribution in [2.24, 2.45) is 0 Å². The summed E-state index contributed by atoms with van der Waals surface area (Å²) in [6, 6.07) is 5.72. The molecule has 104 valence electrons. The Bertz CT molecular complexity index is 587. The molecule has 0 amide bonds. The van der Waals surface area contributed by atoms with E-state index >= 15 is 0 Å². The molecule has 1 heterocycles. The molecule has 0 bridgehead atoms. The molecule has 2 rings (SSSR count). The van der Waals surface area contributed by atoms with Crippen LogP contribution >= 0.6 is 11.6 Å². The van der Waals surface area contributed by atoms with Crippen molar-refractivity contribution in [2.45, 2.75) is 24.6 Å². The number of benzene rings is 1. The van der Waals surface area contributed by atoms with Gasteiger partial charge in [0, 0.05) is 11.6 Å². The van der Waals surface area contributed by atoms with Gasteiger partial charge in [-0.05, 0) is 24.5 Å². The minimum Gasteiger partial charge on any atom is -0.480 e. The topological polar surface area (TPSA) is 74.7 Å². The van der Waals surface area contributed by atoms with E-state index in [9.17, 15) is 13.2 Å². The van der Waals surface area contributed by atoms with E-state index in [4.69, 9.17) is 16.7 Å². The Hall–Kier alpha value is -1.11. The number of carbonyl (C=O) groups is 1. The quantitative estimate of drug-likeness (QED) is 0.919. The normalized spacial score (nSPS) is 20.6. The second-order valence-corrected chi connectivity index (χ2v) is 6.78. The number of carboxylic acid groups (broad SMARTS) is 1. The number of aliphatic carboxylic acids is 1. The van der Waals surface area contributed by atoms with Crippen LogP contribution in [0.3, 0.4) is 0 Å². The maximum absolute atomic E-state index is 12.3. The lowest BCUT2D eigenvalue weighted by molar-refractivity contribution is -0.140. The van der Waals surface area contributed by atoms with Crippen molar-refractivity contribution >= 4 is 27.6 Å². The zero-order chi connectivity index (χ0) is 14.0. The Labute approximate surface area is 116 Å². The van der Waals surface area contributed by atoms with E-state index < -0.39 is 22.0 Å². The van der Waals surface area contributed by atoms with Gasteiger partial charge in [0.05, 0.1) is 5.75 Å². The highest BCUT2D eigenvalue weighted by Crippen LogP contribution is 2.25. The highest BCUT2D eigenvalue weighted by molar-refractivity contribution is 7.88. The molecule has 0 saturated carbocycles. The fraction of sp³-hybridized carbons (Fsp3) is 0.417. The van der Waals surface area contributed by atoms with Gasteiger partial charge in [0.1, 0.15) is 6.04 Å². The first-order valence-electron chi connectivity index (χ1n) is 5.87. The first-order chi connectivity index (χ1) is 8.92. The van der Waals surface area contributed by atoms with Crippen molar-refractivity contribution in [1.29, 1.82) is 0 Å². The molecule has 1 aliphatic heterocycles. The van der Waals surface area contributed by atoms with Crippen LogP contribution in [0.1, 0.15) is 18.4 Å². The third kappa shape index (κ3) is 3.08. The molecule has 5 nitrogen and oxygen atoms in total. The summed E-state index contributed by atoms with van der Waals surface area (Å²) in [5, 5.41) is 9.41. The summed E-state index contributed by atoms with van der Waals surface area (Å²) < 4.78 is 25.6. The van der Waals surface area contributed by atoms with Crippen molar-refractivity contribution < 1.29 is 18.3 Å². The SMILES string of the molecule is O=C(O)[C@@H]1CCCN1S(=O)(=O)Cc1ccccc1Cl. The summed E-state index contributed by atoms with van der Waals surface area (Å²) in [5.74, 6) is -1.36. The highest BCUT2D eigenvalue weighted by Gasteiger charge is 2.38. The van der Waals surface area contributed by atoms with E-state index in [1.54, 1.807) is 24.3 Å². The Balaban J connectivity index is 2.24. The minimum absolute atomic E-state index is 0.254. The van der Waals surface area contributed by atoms with Gasteiger partial charge in [-0.2, -0.15) is 4.31 Å². The number of hydrogen-bond acceptors (Lipinski definition) is 3. The van der Waals surface area contributed by atoms with Crippen LogP contribution in [-0.2, 0) is 20.6 Å². The molecule has 7 heteroatoms. The molecule has 1 aromatic rings. The van der Waals surface area contributed by atoms with Gasteiger partial charge in [0.2, 0.25) is 10.0 Å². The number of rotatable bonds is 4. The van der Waals surface area contributed by atoms with Crippen LogP contribution in [0.5, 0.6) is 0 Å². The highest BCUT2D eigenvalue weighted by atomic mass is 35.5. The molecule has 1 fully saturated rings. The minimum atomic E-state index is -3.66. The maximum atomic E-state index is 12.3. The van der Waals surface area contributed by atoms with Crippen LogP contribution in [0.4, 0.5) is 0 Å². The number of hydrogen-bond donors (Lipinski definition) is 1. The van der Waals surface area contributed by atoms with E-state index in [2.05, 4.69) is 0 Å².